The lowest BCUT2D eigenvalue weighted by Crippen LogP contribution is -2.33. The Hall–Kier alpha value is -1.22. The number of nitrogens with zero attached hydrogens (tertiary/aromatic N) is 1. The predicted octanol–water partition coefficient (Wildman–Crippen LogP) is 1.59. The van der Waals surface area contributed by atoms with Crippen LogP contribution in [0.15, 0.2) is 17.0 Å². The van der Waals surface area contributed by atoms with Crippen LogP contribution in [0.4, 0.5) is 4.39 Å². The van der Waals surface area contributed by atoms with E-state index in [0.29, 0.717) is 13.0 Å². The molecule has 0 aliphatic carbocycles. The fraction of sp³-hybridized carbons (Fsp3) is 0.417. The highest BCUT2D eigenvalue weighted by molar-refractivity contribution is 7.89. The van der Waals surface area contributed by atoms with Crippen LogP contribution in [-0.2, 0) is 14.8 Å². The number of hydrogen-bond donors (Lipinski definition) is 1. The quantitative estimate of drug-likeness (QED) is 0.905. The van der Waals surface area contributed by atoms with E-state index >= 15 is 0 Å². The molecule has 1 aliphatic heterocycles. The summed E-state index contributed by atoms with van der Waals surface area (Å²) in [5.41, 5.74) is -0.582. The first-order valence-corrected chi connectivity index (χ1v) is 7.96. The van der Waals surface area contributed by atoms with Crippen molar-refractivity contribution in [2.75, 3.05) is 26.3 Å². The van der Waals surface area contributed by atoms with Crippen molar-refractivity contribution in [2.45, 2.75) is 11.3 Å². The Morgan fingerprint density at radius 1 is 1.33 bits per heavy atom. The maximum absolute atomic E-state index is 13.7. The third kappa shape index (κ3) is 3.34. The Morgan fingerprint density at radius 3 is 2.71 bits per heavy atom. The summed E-state index contributed by atoms with van der Waals surface area (Å²) in [5, 5.41) is 8.35. The zero-order valence-corrected chi connectivity index (χ0v) is 12.5. The fourth-order valence-electron chi connectivity index (χ4n) is 1.98. The molecule has 0 aromatic heterocycles. The molecule has 1 N–H and O–H groups in total. The maximum atomic E-state index is 13.7. The Bertz CT molecular complexity index is 656. The van der Waals surface area contributed by atoms with Crippen molar-refractivity contribution < 1.29 is 27.4 Å². The van der Waals surface area contributed by atoms with E-state index in [2.05, 4.69) is 0 Å². The van der Waals surface area contributed by atoms with Crippen LogP contribution >= 0.6 is 11.6 Å². The Balaban J connectivity index is 2.46. The van der Waals surface area contributed by atoms with Gasteiger partial charge in [0.2, 0.25) is 10.0 Å². The molecule has 0 unspecified atom stereocenters. The van der Waals surface area contributed by atoms with E-state index in [1.165, 1.54) is 0 Å². The Morgan fingerprint density at radius 2 is 2.05 bits per heavy atom. The van der Waals surface area contributed by atoms with Crippen molar-refractivity contribution in [1.29, 1.82) is 0 Å². The van der Waals surface area contributed by atoms with Gasteiger partial charge in [-0.2, -0.15) is 4.31 Å². The van der Waals surface area contributed by atoms with Gasteiger partial charge < -0.3 is 9.84 Å². The number of carboxylic acid groups (broad SMARTS) is 1. The highest BCUT2D eigenvalue weighted by Crippen LogP contribution is 2.26. The first-order valence-electron chi connectivity index (χ1n) is 6.14. The van der Waals surface area contributed by atoms with Crippen LogP contribution in [0, 0.1) is 5.82 Å². The van der Waals surface area contributed by atoms with Gasteiger partial charge in [-0.25, -0.2) is 17.6 Å². The number of aromatic carboxylic acids is 1. The van der Waals surface area contributed by atoms with E-state index in [-0.39, 0.29) is 19.7 Å². The second kappa shape index (κ2) is 6.27. The Labute approximate surface area is 126 Å². The van der Waals surface area contributed by atoms with E-state index in [9.17, 15) is 17.6 Å². The molecule has 0 spiro atoms. The SMILES string of the molecule is O=C(O)c1cc(S(=O)(=O)N2CCCOCC2)cc(F)c1Cl. The van der Waals surface area contributed by atoms with E-state index in [4.69, 9.17) is 21.4 Å². The molecule has 0 saturated carbocycles. The zero-order chi connectivity index (χ0) is 15.6. The zero-order valence-electron chi connectivity index (χ0n) is 10.9. The van der Waals surface area contributed by atoms with Gasteiger partial charge in [0.05, 0.1) is 22.1 Å². The monoisotopic (exact) mass is 337 g/mol. The van der Waals surface area contributed by atoms with Crippen LogP contribution in [0.3, 0.4) is 0 Å². The van der Waals surface area contributed by atoms with Crippen molar-refractivity contribution in [1.82, 2.24) is 4.31 Å². The fourth-order valence-corrected chi connectivity index (χ4v) is 3.67. The van der Waals surface area contributed by atoms with Crippen LogP contribution in [-0.4, -0.2) is 50.1 Å². The first-order chi connectivity index (χ1) is 9.84. The molecular weight excluding hydrogens is 325 g/mol. The summed E-state index contributed by atoms with van der Waals surface area (Å²) in [6.07, 6.45) is 0.515. The molecule has 1 heterocycles. The summed E-state index contributed by atoms with van der Waals surface area (Å²) in [5.74, 6) is -2.57. The van der Waals surface area contributed by atoms with Gasteiger partial charge in [0.25, 0.3) is 0 Å². The second-order valence-corrected chi connectivity index (χ2v) is 6.76. The number of rotatable bonds is 3. The van der Waals surface area contributed by atoms with E-state index in [1.807, 2.05) is 0 Å². The summed E-state index contributed by atoms with van der Waals surface area (Å²) >= 11 is 5.54. The molecule has 1 fully saturated rings. The van der Waals surface area contributed by atoms with Gasteiger partial charge in [0.1, 0.15) is 5.82 Å². The van der Waals surface area contributed by atoms with Gasteiger partial charge in [-0.05, 0) is 18.6 Å². The third-order valence-electron chi connectivity index (χ3n) is 3.05. The molecule has 2 rings (SSSR count). The number of carboxylic acids is 1. The summed E-state index contributed by atoms with van der Waals surface area (Å²) in [6.45, 7) is 1.05. The second-order valence-electron chi connectivity index (χ2n) is 4.44. The molecule has 0 atom stereocenters. The molecule has 21 heavy (non-hydrogen) atoms. The molecule has 9 heteroatoms. The molecule has 1 aromatic carbocycles. The van der Waals surface area contributed by atoms with Crippen LogP contribution < -0.4 is 0 Å². The lowest BCUT2D eigenvalue weighted by molar-refractivity contribution is 0.0696. The molecule has 0 radical (unpaired) electrons. The van der Waals surface area contributed by atoms with E-state index < -0.39 is 37.3 Å². The Kier molecular flexibility index (Phi) is 4.82. The number of carbonyl (C=O) groups is 1. The van der Waals surface area contributed by atoms with Crippen molar-refractivity contribution in [3.8, 4) is 0 Å². The van der Waals surface area contributed by atoms with Gasteiger partial charge in [0, 0.05) is 19.7 Å². The standard InChI is InChI=1S/C12H13ClFNO5S/c13-11-9(12(16)17)6-8(7-10(11)14)21(18,19)15-2-1-4-20-5-3-15/h6-7H,1-5H2,(H,16,17). The number of halogens is 2. The molecule has 6 nitrogen and oxygen atoms in total. The summed E-state index contributed by atoms with van der Waals surface area (Å²) in [7, 11) is -3.99. The molecular formula is C12H13ClFNO5S. The van der Waals surface area contributed by atoms with Gasteiger partial charge >= 0.3 is 5.97 Å². The van der Waals surface area contributed by atoms with Crippen LogP contribution in [0.2, 0.25) is 5.02 Å². The summed E-state index contributed by atoms with van der Waals surface area (Å²) in [4.78, 5) is 10.6. The first kappa shape index (κ1) is 16.2. The average Bonchev–Trinajstić information content (AvgIpc) is 2.70. The lowest BCUT2D eigenvalue weighted by atomic mass is 10.2. The maximum Gasteiger partial charge on any atom is 0.337 e. The van der Waals surface area contributed by atoms with Crippen LogP contribution in [0.1, 0.15) is 16.8 Å². The third-order valence-corrected chi connectivity index (χ3v) is 5.31. The van der Waals surface area contributed by atoms with Crippen molar-refractivity contribution >= 4 is 27.6 Å². The normalized spacial score (nSPS) is 17.4. The lowest BCUT2D eigenvalue weighted by Gasteiger charge is -2.19. The number of hydrogen-bond acceptors (Lipinski definition) is 4. The highest BCUT2D eigenvalue weighted by atomic mass is 35.5. The molecule has 1 aromatic rings. The minimum atomic E-state index is -3.99. The molecule has 0 bridgehead atoms. The number of ether oxygens (including phenoxy) is 1. The summed E-state index contributed by atoms with van der Waals surface area (Å²) in [6, 6.07) is 1.60. The number of sulfonamides is 1. The molecule has 116 valence electrons. The van der Waals surface area contributed by atoms with Gasteiger partial charge in [-0.1, -0.05) is 11.6 Å². The largest absolute Gasteiger partial charge is 0.478 e. The van der Waals surface area contributed by atoms with E-state index in [0.717, 1.165) is 16.4 Å². The van der Waals surface area contributed by atoms with Crippen LogP contribution in [0.25, 0.3) is 0 Å². The predicted molar refractivity (Wildman–Crippen MR) is 72.6 cm³/mol. The molecule has 1 aliphatic rings. The van der Waals surface area contributed by atoms with Crippen molar-refractivity contribution in [3.63, 3.8) is 0 Å². The van der Waals surface area contributed by atoms with Crippen molar-refractivity contribution in [2.24, 2.45) is 0 Å². The minimum Gasteiger partial charge on any atom is -0.478 e. The van der Waals surface area contributed by atoms with Gasteiger partial charge in [-0.3, -0.25) is 0 Å². The van der Waals surface area contributed by atoms with E-state index in [1.54, 1.807) is 0 Å². The number of benzene rings is 1. The highest BCUT2D eigenvalue weighted by Gasteiger charge is 2.28. The molecule has 0 amide bonds. The average molecular weight is 338 g/mol. The summed E-state index contributed by atoms with van der Waals surface area (Å²) < 4.78 is 44.9. The smallest absolute Gasteiger partial charge is 0.337 e. The van der Waals surface area contributed by atoms with Crippen LogP contribution in [0.5, 0.6) is 0 Å². The molecule has 1 saturated heterocycles. The van der Waals surface area contributed by atoms with Gasteiger partial charge in [-0.15, -0.1) is 0 Å². The topological polar surface area (TPSA) is 83.9 Å². The minimum absolute atomic E-state index is 0.134. The van der Waals surface area contributed by atoms with Crippen molar-refractivity contribution in [3.05, 3.63) is 28.5 Å². The van der Waals surface area contributed by atoms with Gasteiger partial charge in [0.15, 0.2) is 0 Å².